The molecule has 2 aromatic carbocycles. The summed E-state index contributed by atoms with van der Waals surface area (Å²) in [6.07, 6.45) is 4.10. The van der Waals surface area contributed by atoms with Gasteiger partial charge in [-0.1, -0.05) is 23.7 Å². The fraction of sp³-hybridized carbons (Fsp3) is 0.182. The molecule has 28 heavy (non-hydrogen) atoms. The van der Waals surface area contributed by atoms with E-state index in [-0.39, 0.29) is 5.91 Å². The van der Waals surface area contributed by atoms with Crippen molar-refractivity contribution in [3.63, 3.8) is 0 Å². The highest BCUT2D eigenvalue weighted by molar-refractivity contribution is 6.30. The number of aromatic nitrogens is 1. The first-order valence-corrected chi connectivity index (χ1v) is 9.41. The molecule has 0 aliphatic rings. The Morgan fingerprint density at radius 3 is 2.54 bits per heavy atom. The monoisotopic (exact) mass is 394 g/mol. The molecule has 0 aliphatic heterocycles. The lowest BCUT2D eigenvalue weighted by atomic mass is 10.1. The van der Waals surface area contributed by atoms with Crippen molar-refractivity contribution in [3.8, 4) is 0 Å². The van der Waals surface area contributed by atoms with E-state index < -0.39 is 0 Å². The van der Waals surface area contributed by atoms with Crippen LogP contribution in [0.1, 0.15) is 15.9 Å². The Hall–Kier alpha value is -3.05. The van der Waals surface area contributed by atoms with Gasteiger partial charge in [0.1, 0.15) is 0 Å². The summed E-state index contributed by atoms with van der Waals surface area (Å²) in [5.41, 5.74) is 4.28. The topological polar surface area (TPSA) is 57.3 Å². The fourth-order valence-electron chi connectivity index (χ4n) is 2.75. The highest BCUT2D eigenvalue weighted by Crippen LogP contribution is 2.17. The molecule has 5 nitrogen and oxygen atoms in total. The second kappa shape index (κ2) is 9.24. The number of carbonyl (C=O) groups excluding carboxylic acids is 1. The first-order chi connectivity index (χ1) is 13.5. The van der Waals surface area contributed by atoms with Crippen molar-refractivity contribution >= 4 is 34.6 Å². The van der Waals surface area contributed by atoms with Gasteiger partial charge in [0.2, 0.25) is 0 Å². The molecule has 0 saturated heterocycles. The normalized spacial score (nSPS) is 10.4. The Labute approximate surface area is 170 Å². The summed E-state index contributed by atoms with van der Waals surface area (Å²) in [6.45, 7) is 0.721. The largest absolute Gasteiger partial charge is 0.383 e. The van der Waals surface area contributed by atoms with E-state index in [1.54, 1.807) is 18.5 Å². The molecule has 0 atom stereocenters. The van der Waals surface area contributed by atoms with Crippen LogP contribution in [0.2, 0.25) is 5.02 Å². The fourth-order valence-corrected chi connectivity index (χ4v) is 2.96. The molecule has 1 amide bonds. The number of halogens is 1. The third-order valence-electron chi connectivity index (χ3n) is 4.27. The second-order valence-electron chi connectivity index (χ2n) is 6.66. The number of benzene rings is 2. The van der Waals surface area contributed by atoms with E-state index in [2.05, 4.69) is 15.6 Å². The van der Waals surface area contributed by atoms with Crippen LogP contribution in [0.4, 0.5) is 17.1 Å². The minimum atomic E-state index is -0.191. The molecule has 0 aliphatic carbocycles. The van der Waals surface area contributed by atoms with Crippen LogP contribution in [-0.4, -0.2) is 31.5 Å². The molecular weight excluding hydrogens is 372 g/mol. The number of nitrogens with zero attached hydrogens (tertiary/aromatic N) is 2. The molecular formula is C22H23ClN4O. The molecule has 0 unspecified atom stereocenters. The van der Waals surface area contributed by atoms with Gasteiger partial charge in [-0.25, -0.2) is 0 Å². The first-order valence-electron chi connectivity index (χ1n) is 9.03. The Balaban J connectivity index is 1.58. The van der Waals surface area contributed by atoms with E-state index in [0.29, 0.717) is 5.56 Å². The van der Waals surface area contributed by atoms with Crippen LogP contribution in [0.25, 0.3) is 0 Å². The van der Waals surface area contributed by atoms with Gasteiger partial charge >= 0.3 is 0 Å². The lowest BCUT2D eigenvalue weighted by Gasteiger charge is -2.13. The van der Waals surface area contributed by atoms with Crippen molar-refractivity contribution < 1.29 is 4.79 Å². The van der Waals surface area contributed by atoms with E-state index in [1.165, 1.54) is 0 Å². The van der Waals surface area contributed by atoms with Crippen LogP contribution in [-0.2, 0) is 6.42 Å². The second-order valence-corrected chi connectivity index (χ2v) is 7.10. The molecule has 2 N–H and O–H groups in total. The van der Waals surface area contributed by atoms with Gasteiger partial charge in [-0.05, 0) is 54.4 Å². The summed E-state index contributed by atoms with van der Waals surface area (Å²) in [6, 6.07) is 17.3. The molecule has 3 aromatic rings. The van der Waals surface area contributed by atoms with E-state index >= 15 is 0 Å². The quantitative estimate of drug-likeness (QED) is 0.609. The van der Waals surface area contributed by atoms with Gasteiger partial charge in [0.25, 0.3) is 5.91 Å². The number of pyridine rings is 1. The maximum atomic E-state index is 12.5. The summed E-state index contributed by atoms with van der Waals surface area (Å²) in [5, 5.41) is 6.93. The highest BCUT2D eigenvalue weighted by Gasteiger charge is 2.08. The van der Waals surface area contributed by atoms with Crippen LogP contribution in [0, 0.1) is 0 Å². The van der Waals surface area contributed by atoms with E-state index in [9.17, 15) is 4.79 Å². The molecule has 0 fully saturated rings. The highest BCUT2D eigenvalue weighted by atomic mass is 35.5. The summed E-state index contributed by atoms with van der Waals surface area (Å²) in [7, 11) is 3.95. The number of carbonyl (C=O) groups is 1. The molecule has 1 heterocycles. The zero-order chi connectivity index (χ0) is 19.9. The third kappa shape index (κ3) is 5.47. The van der Waals surface area contributed by atoms with Crippen LogP contribution in [0.3, 0.4) is 0 Å². The van der Waals surface area contributed by atoms with Crippen molar-refractivity contribution in [1.29, 1.82) is 0 Å². The lowest BCUT2D eigenvalue weighted by molar-refractivity contribution is 0.102. The number of hydrogen-bond donors (Lipinski definition) is 2. The number of anilines is 3. The summed E-state index contributed by atoms with van der Waals surface area (Å²) < 4.78 is 0. The number of nitrogens with one attached hydrogen (secondary N) is 2. The molecule has 6 heteroatoms. The number of amides is 1. The summed E-state index contributed by atoms with van der Waals surface area (Å²) in [4.78, 5) is 18.7. The third-order valence-corrected chi connectivity index (χ3v) is 4.51. The molecule has 144 valence electrons. The summed E-state index contributed by atoms with van der Waals surface area (Å²) in [5.74, 6) is -0.191. The smallest absolute Gasteiger partial charge is 0.257 e. The minimum Gasteiger partial charge on any atom is -0.383 e. The van der Waals surface area contributed by atoms with Crippen molar-refractivity contribution in [3.05, 3.63) is 83.1 Å². The Bertz CT molecular complexity index is 941. The zero-order valence-corrected chi connectivity index (χ0v) is 16.7. The Kier molecular flexibility index (Phi) is 6.50. The lowest BCUT2D eigenvalue weighted by Crippen LogP contribution is -2.14. The maximum absolute atomic E-state index is 12.5. The standard InChI is InChI=1S/C22H23ClN4O/c1-27(2)21-8-6-19(7-9-21)26-22(28)17-13-20(15-24-14-17)25-11-10-16-4-3-5-18(23)12-16/h3-9,12-15,25H,10-11H2,1-2H3,(H,26,28). The number of rotatable bonds is 7. The van der Waals surface area contributed by atoms with Crippen molar-refractivity contribution in [2.75, 3.05) is 36.2 Å². The Morgan fingerprint density at radius 2 is 1.82 bits per heavy atom. The number of hydrogen-bond acceptors (Lipinski definition) is 4. The van der Waals surface area contributed by atoms with Crippen LogP contribution < -0.4 is 15.5 Å². The predicted molar refractivity (Wildman–Crippen MR) is 117 cm³/mol. The average Bonchev–Trinajstić information content (AvgIpc) is 2.69. The molecule has 1 aromatic heterocycles. The zero-order valence-electron chi connectivity index (χ0n) is 15.9. The SMILES string of the molecule is CN(C)c1ccc(NC(=O)c2cncc(NCCc3cccc(Cl)c3)c2)cc1. The molecule has 0 saturated carbocycles. The van der Waals surface area contributed by atoms with Crippen LogP contribution in [0.5, 0.6) is 0 Å². The van der Waals surface area contributed by atoms with Gasteiger partial charge < -0.3 is 15.5 Å². The van der Waals surface area contributed by atoms with Crippen molar-refractivity contribution in [2.45, 2.75) is 6.42 Å². The van der Waals surface area contributed by atoms with Gasteiger partial charge in [-0.3, -0.25) is 9.78 Å². The van der Waals surface area contributed by atoms with Gasteiger partial charge in [0.05, 0.1) is 11.3 Å². The Morgan fingerprint density at radius 1 is 1.04 bits per heavy atom. The van der Waals surface area contributed by atoms with Gasteiger partial charge in [-0.15, -0.1) is 0 Å². The van der Waals surface area contributed by atoms with Crippen molar-refractivity contribution in [2.24, 2.45) is 0 Å². The predicted octanol–water partition coefficient (Wildman–Crippen LogP) is 4.71. The molecule has 0 bridgehead atoms. The van der Waals surface area contributed by atoms with Gasteiger partial charge in [-0.2, -0.15) is 0 Å². The average molecular weight is 395 g/mol. The van der Waals surface area contributed by atoms with Gasteiger partial charge in [0.15, 0.2) is 0 Å². The van der Waals surface area contributed by atoms with Crippen LogP contribution >= 0.6 is 11.6 Å². The molecule has 0 radical (unpaired) electrons. The minimum absolute atomic E-state index is 0.191. The van der Waals surface area contributed by atoms with Crippen molar-refractivity contribution in [1.82, 2.24) is 4.98 Å². The molecule has 0 spiro atoms. The maximum Gasteiger partial charge on any atom is 0.257 e. The molecule has 3 rings (SSSR count). The van der Waals surface area contributed by atoms with E-state index in [4.69, 9.17) is 11.6 Å². The summed E-state index contributed by atoms with van der Waals surface area (Å²) >= 11 is 6.01. The van der Waals surface area contributed by atoms with E-state index in [0.717, 1.165) is 40.6 Å². The van der Waals surface area contributed by atoms with Gasteiger partial charge in [0, 0.05) is 49.4 Å². The van der Waals surface area contributed by atoms with Crippen LogP contribution in [0.15, 0.2) is 67.0 Å². The first kappa shape index (κ1) is 19.7. The van der Waals surface area contributed by atoms with E-state index in [1.807, 2.05) is 67.5 Å².